The number of anilines is 1. The van der Waals surface area contributed by atoms with Crippen LogP contribution in [0.4, 0.5) is 5.00 Å². The first-order valence-corrected chi connectivity index (χ1v) is 5.72. The highest BCUT2D eigenvalue weighted by Crippen LogP contribution is 2.26. The van der Waals surface area contributed by atoms with E-state index in [1.165, 1.54) is 11.0 Å². The van der Waals surface area contributed by atoms with E-state index < -0.39 is 5.97 Å². The van der Waals surface area contributed by atoms with Crippen molar-refractivity contribution in [1.82, 2.24) is 20.2 Å². The van der Waals surface area contributed by atoms with Gasteiger partial charge in [-0.3, -0.25) is 4.79 Å². The van der Waals surface area contributed by atoms with Crippen molar-refractivity contribution in [2.75, 3.05) is 5.32 Å². The van der Waals surface area contributed by atoms with Gasteiger partial charge in [-0.2, -0.15) is 0 Å². The minimum atomic E-state index is -1.00. The molecule has 0 unspecified atom stereocenters. The number of hydrogen-bond acceptors (Lipinski definition) is 6. The second-order valence-electron chi connectivity index (χ2n) is 3.48. The minimum Gasteiger partial charge on any atom is -0.477 e. The van der Waals surface area contributed by atoms with Crippen LogP contribution in [0.3, 0.4) is 0 Å². The molecule has 8 nitrogen and oxygen atoms in total. The third kappa shape index (κ3) is 2.69. The van der Waals surface area contributed by atoms with Crippen LogP contribution in [-0.4, -0.2) is 37.2 Å². The van der Waals surface area contributed by atoms with Crippen molar-refractivity contribution < 1.29 is 14.7 Å². The Morgan fingerprint density at radius 1 is 1.56 bits per heavy atom. The maximum atomic E-state index is 11.6. The first kappa shape index (κ1) is 12.2. The number of hydrogen-bond donors (Lipinski definition) is 2. The van der Waals surface area contributed by atoms with Crippen LogP contribution < -0.4 is 5.32 Å². The molecule has 2 heterocycles. The molecule has 2 N–H and O–H groups in total. The smallest absolute Gasteiger partial charge is 0.346 e. The predicted molar refractivity (Wildman–Crippen MR) is 62.5 cm³/mol. The molecule has 0 aliphatic carbocycles. The van der Waals surface area contributed by atoms with Crippen molar-refractivity contribution in [2.24, 2.45) is 0 Å². The minimum absolute atomic E-state index is 0.0215. The fraction of sp³-hybridized carbons (Fsp3) is 0.222. The summed E-state index contributed by atoms with van der Waals surface area (Å²) in [6.45, 7) is 1.66. The van der Waals surface area contributed by atoms with Gasteiger partial charge < -0.3 is 10.4 Å². The third-order valence-electron chi connectivity index (χ3n) is 2.07. The number of carbonyl (C=O) groups is 2. The second kappa shape index (κ2) is 4.92. The molecular weight excluding hydrogens is 258 g/mol. The standard InChI is InChI=1S/C9H9N5O3S/c1-5-2-7(18-8(5)9(16)17)11-6(15)3-14-4-10-12-13-14/h2,4H,3H2,1H3,(H,11,15)(H,16,17). The molecule has 0 saturated carbocycles. The van der Waals surface area contributed by atoms with Crippen LogP contribution in [0.25, 0.3) is 0 Å². The van der Waals surface area contributed by atoms with E-state index in [0.717, 1.165) is 11.3 Å². The van der Waals surface area contributed by atoms with Gasteiger partial charge in [-0.15, -0.1) is 16.4 Å². The van der Waals surface area contributed by atoms with E-state index in [1.807, 2.05) is 0 Å². The summed E-state index contributed by atoms with van der Waals surface area (Å²) in [5.41, 5.74) is 0.616. The van der Waals surface area contributed by atoms with Gasteiger partial charge in [-0.1, -0.05) is 0 Å². The first-order valence-electron chi connectivity index (χ1n) is 4.90. The first-order chi connectivity index (χ1) is 8.56. The highest BCUT2D eigenvalue weighted by molar-refractivity contribution is 7.18. The number of aromatic nitrogens is 4. The summed E-state index contributed by atoms with van der Waals surface area (Å²) in [5, 5.41) is 22.3. The van der Waals surface area contributed by atoms with Gasteiger partial charge in [0.05, 0.1) is 5.00 Å². The van der Waals surface area contributed by atoms with Crippen LogP contribution >= 0.6 is 11.3 Å². The number of carbonyl (C=O) groups excluding carboxylic acids is 1. The van der Waals surface area contributed by atoms with E-state index in [-0.39, 0.29) is 17.3 Å². The van der Waals surface area contributed by atoms with E-state index >= 15 is 0 Å². The lowest BCUT2D eigenvalue weighted by molar-refractivity contribution is -0.116. The Labute approximate surface area is 105 Å². The van der Waals surface area contributed by atoms with Crippen molar-refractivity contribution in [2.45, 2.75) is 13.5 Å². The molecule has 18 heavy (non-hydrogen) atoms. The van der Waals surface area contributed by atoms with Gasteiger partial charge in [0.25, 0.3) is 0 Å². The third-order valence-corrected chi connectivity index (χ3v) is 3.21. The lowest BCUT2D eigenvalue weighted by Crippen LogP contribution is -2.18. The number of carboxylic acid groups (broad SMARTS) is 1. The van der Waals surface area contributed by atoms with Crippen molar-refractivity contribution in [3.05, 3.63) is 22.8 Å². The fourth-order valence-electron chi connectivity index (χ4n) is 1.33. The molecule has 94 valence electrons. The zero-order valence-corrected chi connectivity index (χ0v) is 10.1. The number of aryl methyl sites for hydroxylation is 1. The number of rotatable bonds is 4. The van der Waals surface area contributed by atoms with E-state index in [0.29, 0.717) is 10.6 Å². The Bertz CT molecular complexity index is 577. The Hall–Kier alpha value is -2.29. The average molecular weight is 267 g/mol. The zero-order chi connectivity index (χ0) is 13.1. The topological polar surface area (TPSA) is 110 Å². The van der Waals surface area contributed by atoms with Crippen molar-refractivity contribution >= 4 is 28.2 Å². The van der Waals surface area contributed by atoms with Crippen LogP contribution in [0.1, 0.15) is 15.2 Å². The van der Waals surface area contributed by atoms with Crippen LogP contribution in [0, 0.1) is 6.92 Å². The summed E-state index contributed by atoms with van der Waals surface area (Å²) >= 11 is 1.02. The van der Waals surface area contributed by atoms with Gasteiger partial charge in [0.2, 0.25) is 5.91 Å². The van der Waals surface area contributed by atoms with Gasteiger partial charge in [0.15, 0.2) is 0 Å². The summed E-state index contributed by atoms with van der Waals surface area (Å²) in [6, 6.07) is 1.62. The van der Waals surface area contributed by atoms with Crippen molar-refractivity contribution in [3.63, 3.8) is 0 Å². The van der Waals surface area contributed by atoms with Gasteiger partial charge in [0, 0.05) is 0 Å². The quantitative estimate of drug-likeness (QED) is 0.828. The lowest BCUT2D eigenvalue weighted by atomic mass is 10.3. The molecule has 2 aromatic rings. The van der Waals surface area contributed by atoms with Crippen molar-refractivity contribution in [1.29, 1.82) is 0 Å². The molecule has 0 aromatic carbocycles. The van der Waals surface area contributed by atoms with E-state index in [1.54, 1.807) is 13.0 Å². The van der Waals surface area contributed by atoms with E-state index in [2.05, 4.69) is 20.8 Å². The molecular formula is C9H9N5O3S. The van der Waals surface area contributed by atoms with Crippen LogP contribution in [0.2, 0.25) is 0 Å². The Morgan fingerprint density at radius 3 is 2.89 bits per heavy atom. The molecule has 0 spiro atoms. The number of nitrogens with one attached hydrogen (secondary N) is 1. The van der Waals surface area contributed by atoms with Gasteiger partial charge in [-0.05, 0) is 29.0 Å². The lowest BCUT2D eigenvalue weighted by Gasteiger charge is -2.00. The molecule has 0 aliphatic rings. The highest BCUT2D eigenvalue weighted by atomic mass is 32.1. The summed E-state index contributed by atoms with van der Waals surface area (Å²) in [4.78, 5) is 22.7. The fourth-order valence-corrected chi connectivity index (χ4v) is 2.26. The number of nitrogens with zero attached hydrogens (tertiary/aromatic N) is 4. The monoisotopic (exact) mass is 267 g/mol. The maximum absolute atomic E-state index is 11.6. The molecule has 0 radical (unpaired) electrons. The maximum Gasteiger partial charge on any atom is 0.346 e. The molecule has 9 heteroatoms. The predicted octanol–water partition coefficient (Wildman–Crippen LogP) is 0.380. The SMILES string of the molecule is Cc1cc(NC(=O)Cn2cnnn2)sc1C(=O)O. The molecule has 2 rings (SSSR count). The van der Waals surface area contributed by atoms with E-state index in [9.17, 15) is 9.59 Å². The summed E-state index contributed by atoms with van der Waals surface area (Å²) in [7, 11) is 0. The van der Waals surface area contributed by atoms with Gasteiger partial charge >= 0.3 is 5.97 Å². The summed E-state index contributed by atoms with van der Waals surface area (Å²) in [5.74, 6) is -1.32. The largest absolute Gasteiger partial charge is 0.477 e. The zero-order valence-electron chi connectivity index (χ0n) is 9.32. The molecule has 0 saturated heterocycles. The summed E-state index contributed by atoms with van der Waals surface area (Å²) < 4.78 is 1.27. The highest BCUT2D eigenvalue weighted by Gasteiger charge is 2.13. The van der Waals surface area contributed by atoms with Crippen LogP contribution in [0.5, 0.6) is 0 Å². The molecule has 0 atom stereocenters. The Kier molecular flexibility index (Phi) is 3.33. The number of thiophene rings is 1. The van der Waals surface area contributed by atoms with Gasteiger partial charge in [0.1, 0.15) is 17.7 Å². The number of amides is 1. The molecule has 0 aliphatic heterocycles. The molecule has 0 bridgehead atoms. The normalized spacial score (nSPS) is 10.3. The Morgan fingerprint density at radius 2 is 2.33 bits per heavy atom. The van der Waals surface area contributed by atoms with E-state index in [4.69, 9.17) is 5.11 Å². The summed E-state index contributed by atoms with van der Waals surface area (Å²) in [6.07, 6.45) is 1.32. The Balaban J connectivity index is 2.03. The molecule has 2 aromatic heterocycles. The van der Waals surface area contributed by atoms with Gasteiger partial charge in [-0.25, -0.2) is 9.48 Å². The van der Waals surface area contributed by atoms with Crippen molar-refractivity contribution in [3.8, 4) is 0 Å². The number of carboxylic acids is 1. The van der Waals surface area contributed by atoms with Crippen LogP contribution in [-0.2, 0) is 11.3 Å². The van der Waals surface area contributed by atoms with Crippen LogP contribution in [0.15, 0.2) is 12.4 Å². The second-order valence-corrected chi connectivity index (χ2v) is 4.54. The molecule has 1 amide bonds. The average Bonchev–Trinajstić information content (AvgIpc) is 2.88. The number of tetrazole rings is 1. The molecule has 0 fully saturated rings. The number of aromatic carboxylic acids is 1.